The zero-order chi connectivity index (χ0) is 12.0. The first-order valence-corrected chi connectivity index (χ1v) is 5.85. The molecule has 0 spiro atoms. The van der Waals surface area contributed by atoms with Crippen molar-refractivity contribution in [3.8, 4) is 0 Å². The van der Waals surface area contributed by atoms with Crippen molar-refractivity contribution in [3.05, 3.63) is 0 Å². The average Bonchev–Trinajstić information content (AvgIpc) is 2.26. The molecule has 0 saturated carbocycles. The van der Waals surface area contributed by atoms with E-state index in [0.717, 1.165) is 32.5 Å². The Morgan fingerprint density at radius 3 is 2.81 bits per heavy atom. The highest BCUT2D eigenvalue weighted by atomic mass is 16.4. The van der Waals surface area contributed by atoms with Crippen LogP contribution in [0.4, 0.5) is 0 Å². The smallest absolute Gasteiger partial charge is 0.303 e. The molecule has 1 heterocycles. The Labute approximate surface area is 95.8 Å². The minimum absolute atomic E-state index is 0.0813. The van der Waals surface area contributed by atoms with E-state index in [-0.39, 0.29) is 24.8 Å². The number of carboxylic acids is 1. The first-order valence-electron chi connectivity index (χ1n) is 5.85. The van der Waals surface area contributed by atoms with Gasteiger partial charge in [-0.25, -0.2) is 0 Å². The maximum Gasteiger partial charge on any atom is 0.303 e. The highest BCUT2D eigenvalue weighted by molar-refractivity contribution is 5.80. The molecule has 1 atom stereocenters. The summed E-state index contributed by atoms with van der Waals surface area (Å²) >= 11 is 0. The van der Waals surface area contributed by atoms with E-state index < -0.39 is 5.97 Å². The standard InChI is InChI=1S/C11H20N2O3/c1-2-13-7-3-4-9(8-13)12-10(14)5-6-11(15)16/h9H,2-8H2,1H3,(H,12,14)(H,15,16). The lowest BCUT2D eigenvalue weighted by atomic mass is 10.1. The van der Waals surface area contributed by atoms with Crippen molar-refractivity contribution in [3.63, 3.8) is 0 Å². The number of likely N-dealkylation sites (tertiary alicyclic amines) is 1. The molecule has 0 aromatic carbocycles. The fourth-order valence-electron chi connectivity index (χ4n) is 1.98. The Balaban J connectivity index is 2.25. The molecule has 5 heteroatoms. The first-order chi connectivity index (χ1) is 7.61. The van der Waals surface area contributed by atoms with Crippen molar-refractivity contribution in [2.75, 3.05) is 19.6 Å². The molecule has 1 fully saturated rings. The molecule has 1 saturated heterocycles. The number of piperidine rings is 1. The van der Waals surface area contributed by atoms with Crippen LogP contribution in [0, 0.1) is 0 Å². The number of rotatable bonds is 5. The molecule has 16 heavy (non-hydrogen) atoms. The van der Waals surface area contributed by atoms with Gasteiger partial charge in [0.25, 0.3) is 0 Å². The summed E-state index contributed by atoms with van der Waals surface area (Å²) in [5, 5.41) is 11.4. The van der Waals surface area contributed by atoms with Crippen molar-refractivity contribution in [1.82, 2.24) is 10.2 Å². The van der Waals surface area contributed by atoms with Crippen LogP contribution in [0.15, 0.2) is 0 Å². The first kappa shape index (κ1) is 13.0. The molecule has 0 aromatic rings. The van der Waals surface area contributed by atoms with Gasteiger partial charge in [0.05, 0.1) is 6.42 Å². The van der Waals surface area contributed by atoms with Gasteiger partial charge in [0.15, 0.2) is 0 Å². The number of aliphatic carboxylic acids is 1. The summed E-state index contributed by atoms with van der Waals surface area (Å²) in [6, 6.07) is 0.190. The number of nitrogens with one attached hydrogen (secondary N) is 1. The number of carbonyl (C=O) groups excluding carboxylic acids is 1. The van der Waals surface area contributed by atoms with Crippen molar-refractivity contribution in [1.29, 1.82) is 0 Å². The summed E-state index contributed by atoms with van der Waals surface area (Å²) in [5.41, 5.74) is 0. The molecule has 1 amide bonds. The number of hydrogen-bond donors (Lipinski definition) is 2. The third kappa shape index (κ3) is 4.61. The van der Waals surface area contributed by atoms with E-state index in [1.54, 1.807) is 0 Å². The van der Waals surface area contributed by atoms with Gasteiger partial charge in [0.2, 0.25) is 5.91 Å². The fourth-order valence-corrected chi connectivity index (χ4v) is 1.98. The summed E-state index contributed by atoms with van der Waals surface area (Å²) in [6.07, 6.45) is 2.08. The van der Waals surface area contributed by atoms with Gasteiger partial charge in [0.1, 0.15) is 0 Å². The normalized spacial score (nSPS) is 21.7. The molecule has 92 valence electrons. The summed E-state index contributed by atoms with van der Waals surface area (Å²) in [4.78, 5) is 24.0. The van der Waals surface area contributed by atoms with Gasteiger partial charge in [-0.2, -0.15) is 0 Å². The lowest BCUT2D eigenvalue weighted by Gasteiger charge is -2.32. The van der Waals surface area contributed by atoms with Crippen LogP contribution in [0.2, 0.25) is 0 Å². The van der Waals surface area contributed by atoms with Crippen LogP contribution >= 0.6 is 0 Å². The number of likely N-dealkylation sites (N-methyl/N-ethyl adjacent to an activating group) is 1. The number of amides is 1. The van der Waals surface area contributed by atoms with Gasteiger partial charge in [-0.3, -0.25) is 9.59 Å². The Kier molecular flexibility index (Phi) is 5.25. The second-order valence-electron chi connectivity index (χ2n) is 4.19. The molecule has 0 radical (unpaired) electrons. The fraction of sp³-hybridized carbons (Fsp3) is 0.818. The molecule has 1 aliphatic heterocycles. The van der Waals surface area contributed by atoms with E-state index in [9.17, 15) is 9.59 Å². The molecule has 2 N–H and O–H groups in total. The highest BCUT2D eigenvalue weighted by Gasteiger charge is 2.20. The summed E-state index contributed by atoms with van der Waals surface area (Å²) in [5.74, 6) is -1.07. The van der Waals surface area contributed by atoms with Crippen LogP contribution in [0.3, 0.4) is 0 Å². The monoisotopic (exact) mass is 228 g/mol. The van der Waals surface area contributed by atoms with Crippen LogP contribution in [0.5, 0.6) is 0 Å². The molecular weight excluding hydrogens is 208 g/mol. The maximum absolute atomic E-state index is 11.4. The van der Waals surface area contributed by atoms with Gasteiger partial charge in [-0.15, -0.1) is 0 Å². The Morgan fingerprint density at radius 2 is 2.19 bits per heavy atom. The van der Waals surface area contributed by atoms with Gasteiger partial charge in [-0.05, 0) is 25.9 Å². The van der Waals surface area contributed by atoms with Crippen LogP contribution in [0.1, 0.15) is 32.6 Å². The molecule has 0 aliphatic carbocycles. The molecule has 0 aromatic heterocycles. The highest BCUT2D eigenvalue weighted by Crippen LogP contribution is 2.09. The number of hydrogen-bond acceptors (Lipinski definition) is 3. The van der Waals surface area contributed by atoms with E-state index in [4.69, 9.17) is 5.11 Å². The molecular formula is C11H20N2O3. The van der Waals surface area contributed by atoms with E-state index in [2.05, 4.69) is 17.1 Å². The summed E-state index contributed by atoms with van der Waals surface area (Å²) < 4.78 is 0. The van der Waals surface area contributed by atoms with Crippen LogP contribution in [-0.4, -0.2) is 47.6 Å². The second kappa shape index (κ2) is 6.48. The third-order valence-electron chi connectivity index (χ3n) is 2.88. The lowest BCUT2D eigenvalue weighted by Crippen LogP contribution is -2.47. The number of carbonyl (C=O) groups is 2. The molecule has 0 bridgehead atoms. The molecule has 1 rings (SSSR count). The SMILES string of the molecule is CCN1CCCC(NC(=O)CCC(=O)O)C1. The summed E-state index contributed by atoms with van der Waals surface area (Å²) in [6.45, 7) is 5.09. The topological polar surface area (TPSA) is 69.6 Å². The third-order valence-corrected chi connectivity index (χ3v) is 2.88. The largest absolute Gasteiger partial charge is 0.481 e. The Bertz CT molecular complexity index is 256. The minimum atomic E-state index is -0.922. The molecule has 1 unspecified atom stereocenters. The predicted molar refractivity (Wildman–Crippen MR) is 60.1 cm³/mol. The molecule has 1 aliphatic rings. The van der Waals surface area contributed by atoms with E-state index in [0.29, 0.717) is 0 Å². The van der Waals surface area contributed by atoms with E-state index in [1.807, 2.05) is 0 Å². The van der Waals surface area contributed by atoms with Crippen molar-refractivity contribution in [2.45, 2.75) is 38.6 Å². The van der Waals surface area contributed by atoms with Gasteiger partial charge < -0.3 is 15.3 Å². The zero-order valence-electron chi connectivity index (χ0n) is 9.74. The van der Waals surface area contributed by atoms with Crippen LogP contribution in [0.25, 0.3) is 0 Å². The van der Waals surface area contributed by atoms with Crippen molar-refractivity contribution < 1.29 is 14.7 Å². The molecule has 5 nitrogen and oxygen atoms in total. The van der Waals surface area contributed by atoms with Crippen LogP contribution in [-0.2, 0) is 9.59 Å². The van der Waals surface area contributed by atoms with Crippen LogP contribution < -0.4 is 5.32 Å². The van der Waals surface area contributed by atoms with Gasteiger partial charge >= 0.3 is 5.97 Å². The number of nitrogens with zero attached hydrogens (tertiary/aromatic N) is 1. The zero-order valence-corrected chi connectivity index (χ0v) is 9.74. The lowest BCUT2D eigenvalue weighted by molar-refractivity contribution is -0.139. The van der Waals surface area contributed by atoms with Gasteiger partial charge in [-0.1, -0.05) is 6.92 Å². The van der Waals surface area contributed by atoms with Gasteiger partial charge in [0, 0.05) is 19.0 Å². The Morgan fingerprint density at radius 1 is 1.44 bits per heavy atom. The quantitative estimate of drug-likeness (QED) is 0.717. The number of carboxylic acid groups (broad SMARTS) is 1. The summed E-state index contributed by atoms with van der Waals surface area (Å²) in [7, 11) is 0. The second-order valence-corrected chi connectivity index (χ2v) is 4.19. The Hall–Kier alpha value is -1.10. The minimum Gasteiger partial charge on any atom is -0.481 e. The maximum atomic E-state index is 11.4. The average molecular weight is 228 g/mol. The van der Waals surface area contributed by atoms with E-state index in [1.165, 1.54) is 0 Å². The van der Waals surface area contributed by atoms with Crippen molar-refractivity contribution in [2.24, 2.45) is 0 Å². The predicted octanol–water partition coefficient (Wildman–Crippen LogP) is 0.452. The van der Waals surface area contributed by atoms with E-state index >= 15 is 0 Å². The van der Waals surface area contributed by atoms with Crippen molar-refractivity contribution >= 4 is 11.9 Å².